The van der Waals surface area contributed by atoms with Crippen LogP contribution in [0.3, 0.4) is 0 Å². The van der Waals surface area contributed by atoms with E-state index in [1.165, 1.54) is 0 Å². The van der Waals surface area contributed by atoms with Gasteiger partial charge in [0, 0.05) is 58.4 Å². The van der Waals surface area contributed by atoms with Crippen LogP contribution < -0.4 is 0 Å². The number of rotatable bonds is 3. The highest BCUT2D eigenvalue weighted by Crippen LogP contribution is 2.34. The van der Waals surface area contributed by atoms with Gasteiger partial charge >= 0.3 is 0 Å². The summed E-state index contributed by atoms with van der Waals surface area (Å²) in [5, 5.41) is 9.57. The minimum absolute atomic E-state index is 0.656. The Morgan fingerprint density at radius 2 is 1.70 bits per heavy atom. The smallest absolute Gasteiger partial charge is 0.181 e. The zero-order valence-electron chi connectivity index (χ0n) is 15.7. The van der Waals surface area contributed by atoms with Gasteiger partial charge in [-0.05, 0) is 29.8 Å². The van der Waals surface area contributed by atoms with Crippen LogP contribution in [0.1, 0.15) is 0 Å². The minimum Gasteiger partial charge on any atom is -0.353 e. The molecule has 0 unspecified atom stereocenters. The molecule has 0 saturated carbocycles. The van der Waals surface area contributed by atoms with Crippen molar-refractivity contribution < 1.29 is 0 Å². The first-order chi connectivity index (χ1) is 14.9. The van der Waals surface area contributed by atoms with E-state index in [1.807, 2.05) is 24.4 Å². The second kappa shape index (κ2) is 6.59. The summed E-state index contributed by atoms with van der Waals surface area (Å²) in [6, 6.07) is 14.4. The summed E-state index contributed by atoms with van der Waals surface area (Å²) in [7, 11) is 0. The second-order valence-corrected chi connectivity index (χ2v) is 6.98. The largest absolute Gasteiger partial charge is 0.353 e. The van der Waals surface area contributed by atoms with E-state index < -0.39 is 0 Å². The van der Waals surface area contributed by atoms with Crippen molar-refractivity contribution in [1.29, 1.82) is 0 Å². The van der Waals surface area contributed by atoms with Gasteiger partial charge in [0.25, 0.3) is 0 Å². The molecule has 0 fully saturated rings. The lowest BCUT2D eigenvalue weighted by atomic mass is 10.0. The molecule has 7 nitrogen and oxygen atoms in total. The van der Waals surface area contributed by atoms with Gasteiger partial charge < -0.3 is 4.98 Å². The van der Waals surface area contributed by atoms with Gasteiger partial charge in [0.2, 0.25) is 0 Å². The summed E-state index contributed by atoms with van der Waals surface area (Å²) >= 11 is 0. The van der Waals surface area contributed by atoms with Crippen LogP contribution in [0, 0.1) is 0 Å². The first-order valence-corrected chi connectivity index (χ1v) is 9.50. The fourth-order valence-electron chi connectivity index (χ4n) is 3.76. The molecule has 0 atom stereocenters. The monoisotopic (exact) mass is 389 g/mol. The molecule has 0 amide bonds. The van der Waals surface area contributed by atoms with E-state index >= 15 is 0 Å². The van der Waals surface area contributed by atoms with Crippen molar-refractivity contribution in [2.45, 2.75) is 0 Å². The zero-order chi connectivity index (χ0) is 19.9. The number of H-pyrrole nitrogens is 2. The van der Waals surface area contributed by atoms with Crippen LogP contribution in [0.4, 0.5) is 0 Å². The van der Waals surface area contributed by atoms with Gasteiger partial charge in [0.1, 0.15) is 0 Å². The third-order valence-electron chi connectivity index (χ3n) is 5.17. The van der Waals surface area contributed by atoms with Crippen LogP contribution in [-0.4, -0.2) is 35.1 Å². The molecule has 142 valence electrons. The Kier molecular flexibility index (Phi) is 3.64. The highest BCUT2D eigenvalue weighted by Gasteiger charge is 2.14. The molecule has 6 aromatic rings. The zero-order valence-corrected chi connectivity index (χ0v) is 15.7. The van der Waals surface area contributed by atoms with Crippen LogP contribution in [0.15, 0.2) is 79.6 Å². The van der Waals surface area contributed by atoms with E-state index in [-0.39, 0.29) is 0 Å². The van der Waals surface area contributed by atoms with Gasteiger partial charge in [-0.2, -0.15) is 5.10 Å². The molecule has 0 aliphatic carbocycles. The van der Waals surface area contributed by atoms with Gasteiger partial charge in [0.05, 0.1) is 23.3 Å². The number of hydrogen-bond acceptors (Lipinski definition) is 5. The molecule has 0 spiro atoms. The highest BCUT2D eigenvalue weighted by molar-refractivity contribution is 6.01. The summed E-state index contributed by atoms with van der Waals surface area (Å²) in [5.74, 6) is 0. The molecule has 0 bridgehead atoms. The van der Waals surface area contributed by atoms with Gasteiger partial charge in [-0.25, -0.2) is 4.98 Å². The molecule has 0 radical (unpaired) electrons. The minimum atomic E-state index is 0.656. The average molecular weight is 389 g/mol. The number of fused-ring (bicyclic) bond motifs is 2. The first-order valence-electron chi connectivity index (χ1n) is 9.50. The van der Waals surface area contributed by atoms with E-state index in [0.717, 1.165) is 50.1 Å². The molecule has 0 aliphatic heterocycles. The van der Waals surface area contributed by atoms with Gasteiger partial charge in [-0.1, -0.05) is 18.2 Å². The standard InChI is InChI=1S/C23H15N7/c1-4-16(14-3-2-6-24-11-14)17-10-20(28-19(17)5-1)22-18-9-15(12-27-23(18)30-29-22)21-13-25-7-8-26-21/h1-13,28H,(H,27,29,30). The quantitative estimate of drug-likeness (QED) is 0.460. The van der Waals surface area contributed by atoms with E-state index in [0.29, 0.717) is 5.65 Å². The second-order valence-electron chi connectivity index (χ2n) is 6.98. The molecule has 0 aliphatic rings. The first kappa shape index (κ1) is 16.6. The number of aromatic amines is 2. The number of pyridine rings is 2. The van der Waals surface area contributed by atoms with Gasteiger partial charge in [-0.15, -0.1) is 0 Å². The maximum absolute atomic E-state index is 4.49. The predicted molar refractivity (Wildman–Crippen MR) is 115 cm³/mol. The van der Waals surface area contributed by atoms with Crippen molar-refractivity contribution in [1.82, 2.24) is 35.1 Å². The molecule has 5 heterocycles. The van der Waals surface area contributed by atoms with Crippen molar-refractivity contribution in [3.8, 4) is 33.8 Å². The predicted octanol–water partition coefficient (Wildman–Crippen LogP) is 4.63. The Morgan fingerprint density at radius 1 is 0.733 bits per heavy atom. The third kappa shape index (κ3) is 2.64. The van der Waals surface area contributed by atoms with Gasteiger partial charge in [0.15, 0.2) is 5.65 Å². The number of nitrogens with zero attached hydrogens (tertiary/aromatic N) is 5. The van der Waals surface area contributed by atoms with E-state index in [1.54, 1.807) is 31.0 Å². The Bertz CT molecular complexity index is 1480. The lowest BCUT2D eigenvalue weighted by Crippen LogP contribution is -1.86. The maximum atomic E-state index is 4.49. The molecule has 1 aromatic carbocycles. The summed E-state index contributed by atoms with van der Waals surface area (Å²) < 4.78 is 0. The third-order valence-corrected chi connectivity index (χ3v) is 5.17. The average Bonchev–Trinajstić information content (AvgIpc) is 3.43. The molecule has 30 heavy (non-hydrogen) atoms. The summed E-state index contributed by atoms with van der Waals surface area (Å²) in [4.78, 5) is 20.8. The van der Waals surface area contributed by atoms with Gasteiger partial charge in [-0.3, -0.25) is 20.1 Å². The Labute approximate surface area is 170 Å². The SMILES string of the molecule is c1cncc(-c2cccc3[nH]c(-c4[nH]nc5ncc(-c6cnccn6)cc45)cc23)c1. The van der Waals surface area contributed by atoms with Crippen LogP contribution in [0.2, 0.25) is 0 Å². The lowest BCUT2D eigenvalue weighted by Gasteiger charge is -2.02. The van der Waals surface area contributed by atoms with Crippen molar-refractivity contribution in [3.63, 3.8) is 0 Å². The van der Waals surface area contributed by atoms with E-state index in [4.69, 9.17) is 0 Å². The molecule has 0 saturated heterocycles. The molecule has 5 aromatic heterocycles. The van der Waals surface area contributed by atoms with E-state index in [2.05, 4.69) is 59.4 Å². The number of aromatic nitrogens is 7. The van der Waals surface area contributed by atoms with E-state index in [9.17, 15) is 0 Å². The number of hydrogen-bond donors (Lipinski definition) is 2. The maximum Gasteiger partial charge on any atom is 0.181 e. The lowest BCUT2D eigenvalue weighted by molar-refractivity contribution is 1.10. The highest BCUT2D eigenvalue weighted by atomic mass is 15.2. The van der Waals surface area contributed by atoms with Crippen LogP contribution in [0.5, 0.6) is 0 Å². The van der Waals surface area contributed by atoms with Crippen molar-refractivity contribution in [2.75, 3.05) is 0 Å². The normalized spacial score (nSPS) is 11.3. The molecular weight excluding hydrogens is 374 g/mol. The Balaban J connectivity index is 1.52. The molecule has 7 heteroatoms. The number of benzene rings is 1. The van der Waals surface area contributed by atoms with Crippen molar-refractivity contribution in [3.05, 3.63) is 79.6 Å². The Morgan fingerprint density at radius 3 is 2.57 bits per heavy atom. The summed E-state index contributed by atoms with van der Waals surface area (Å²) in [6.45, 7) is 0. The van der Waals surface area contributed by atoms with Crippen LogP contribution in [-0.2, 0) is 0 Å². The van der Waals surface area contributed by atoms with Crippen molar-refractivity contribution in [2.24, 2.45) is 0 Å². The molecule has 2 N–H and O–H groups in total. The molecular formula is C23H15N7. The summed E-state index contributed by atoms with van der Waals surface area (Å²) in [5.41, 5.74) is 7.41. The number of nitrogens with one attached hydrogen (secondary N) is 2. The fraction of sp³-hybridized carbons (Fsp3) is 0. The fourth-order valence-corrected chi connectivity index (χ4v) is 3.76. The molecule has 6 rings (SSSR count). The van der Waals surface area contributed by atoms with Crippen LogP contribution in [0.25, 0.3) is 55.7 Å². The topological polar surface area (TPSA) is 96.0 Å². The Hall–Kier alpha value is -4.39. The van der Waals surface area contributed by atoms with Crippen molar-refractivity contribution >= 4 is 21.9 Å². The van der Waals surface area contributed by atoms with Crippen LogP contribution >= 0.6 is 0 Å². The summed E-state index contributed by atoms with van der Waals surface area (Å²) in [6.07, 6.45) is 10.5.